The van der Waals surface area contributed by atoms with Crippen molar-refractivity contribution in [2.75, 3.05) is 0 Å². The molecule has 94 valence electrons. The lowest BCUT2D eigenvalue weighted by atomic mass is 10.2. The minimum absolute atomic E-state index is 0.00135. The number of benzene rings is 1. The van der Waals surface area contributed by atoms with Crippen LogP contribution < -0.4 is 5.32 Å². The first-order valence-corrected chi connectivity index (χ1v) is 5.84. The molecule has 18 heavy (non-hydrogen) atoms. The van der Waals surface area contributed by atoms with Crippen LogP contribution in [0.3, 0.4) is 0 Å². The highest BCUT2D eigenvalue weighted by Gasteiger charge is 2.03. The van der Waals surface area contributed by atoms with Crippen LogP contribution in [0.1, 0.15) is 11.1 Å². The highest BCUT2D eigenvalue weighted by Crippen LogP contribution is 2.01. The van der Waals surface area contributed by atoms with E-state index in [4.69, 9.17) is 5.11 Å². The van der Waals surface area contributed by atoms with Crippen LogP contribution in [0.5, 0.6) is 0 Å². The van der Waals surface area contributed by atoms with Gasteiger partial charge >= 0.3 is 0 Å². The highest BCUT2D eigenvalue weighted by molar-refractivity contribution is 5.75. The van der Waals surface area contributed by atoms with Crippen molar-refractivity contribution < 1.29 is 9.90 Å². The van der Waals surface area contributed by atoms with Crippen molar-refractivity contribution in [3.05, 3.63) is 59.9 Å². The molecule has 1 aromatic heterocycles. The summed E-state index contributed by atoms with van der Waals surface area (Å²) in [6, 6.07) is 11.6. The van der Waals surface area contributed by atoms with Gasteiger partial charge in [-0.2, -0.15) is 0 Å². The van der Waals surface area contributed by atoms with E-state index in [-0.39, 0.29) is 19.1 Å². The Morgan fingerprint density at radius 3 is 2.61 bits per heavy atom. The molecule has 0 aliphatic rings. The minimum Gasteiger partial charge on any atom is -0.392 e. The molecule has 0 radical (unpaired) electrons. The Labute approximate surface area is 106 Å². The minimum atomic E-state index is -0.0426. The molecule has 0 fully saturated rings. The van der Waals surface area contributed by atoms with Crippen LogP contribution in [-0.4, -0.2) is 15.6 Å². The van der Waals surface area contributed by atoms with E-state index in [9.17, 15) is 4.79 Å². The third kappa shape index (κ3) is 3.46. The summed E-state index contributed by atoms with van der Waals surface area (Å²) in [5, 5.41) is 11.8. The van der Waals surface area contributed by atoms with Crippen molar-refractivity contribution in [2.45, 2.75) is 19.7 Å². The Bertz CT molecular complexity index is 506. The Morgan fingerprint density at radius 1 is 1.17 bits per heavy atom. The fourth-order valence-electron chi connectivity index (χ4n) is 1.70. The van der Waals surface area contributed by atoms with Crippen LogP contribution in [0.25, 0.3) is 0 Å². The molecule has 0 aliphatic carbocycles. The number of aromatic nitrogens is 1. The molecule has 1 aromatic carbocycles. The number of hydrogen-bond donors (Lipinski definition) is 2. The molecule has 0 aliphatic heterocycles. The summed E-state index contributed by atoms with van der Waals surface area (Å²) >= 11 is 0. The Morgan fingerprint density at radius 2 is 1.94 bits per heavy atom. The van der Waals surface area contributed by atoms with Gasteiger partial charge < -0.3 is 15.0 Å². The Kier molecular flexibility index (Phi) is 4.15. The number of carbonyl (C=O) groups excluding carboxylic acids is 1. The predicted octanol–water partition coefficient (Wildman–Crippen LogP) is 1.30. The van der Waals surface area contributed by atoms with Gasteiger partial charge in [0.15, 0.2) is 0 Å². The van der Waals surface area contributed by atoms with Gasteiger partial charge in [-0.05, 0) is 17.2 Å². The summed E-state index contributed by atoms with van der Waals surface area (Å²) < 4.78 is 1.76. The number of nitrogens with zero attached hydrogens (tertiary/aromatic N) is 1. The summed E-state index contributed by atoms with van der Waals surface area (Å²) in [4.78, 5) is 11.7. The maximum absolute atomic E-state index is 11.7. The molecule has 4 nitrogen and oxygen atoms in total. The van der Waals surface area contributed by atoms with E-state index in [2.05, 4.69) is 5.32 Å². The van der Waals surface area contributed by atoms with Crippen LogP contribution in [-0.2, 0) is 24.5 Å². The number of amides is 1. The number of rotatable bonds is 5. The second-order valence-electron chi connectivity index (χ2n) is 4.11. The normalized spacial score (nSPS) is 10.3. The average Bonchev–Trinajstić information content (AvgIpc) is 2.85. The third-order valence-electron chi connectivity index (χ3n) is 2.65. The molecule has 2 rings (SSSR count). The lowest BCUT2D eigenvalue weighted by molar-refractivity contribution is -0.121. The van der Waals surface area contributed by atoms with Gasteiger partial charge in [-0.25, -0.2) is 0 Å². The quantitative estimate of drug-likeness (QED) is 0.833. The van der Waals surface area contributed by atoms with Crippen LogP contribution >= 0.6 is 0 Å². The Hall–Kier alpha value is -2.07. The molecule has 0 saturated heterocycles. The summed E-state index contributed by atoms with van der Waals surface area (Å²) in [6.07, 6.45) is 3.55. The van der Waals surface area contributed by atoms with Crippen LogP contribution in [0.2, 0.25) is 0 Å². The molecule has 4 heteroatoms. The van der Waals surface area contributed by atoms with Crippen molar-refractivity contribution in [3.8, 4) is 0 Å². The molecule has 2 aromatic rings. The summed E-state index contributed by atoms with van der Waals surface area (Å²) in [5.74, 6) is -0.0426. The lowest BCUT2D eigenvalue weighted by Gasteiger charge is -2.06. The van der Waals surface area contributed by atoms with Crippen molar-refractivity contribution in [1.29, 1.82) is 0 Å². The topological polar surface area (TPSA) is 54.3 Å². The summed E-state index contributed by atoms with van der Waals surface area (Å²) in [6.45, 7) is 0.805. The molecule has 0 saturated carbocycles. The Balaban J connectivity index is 1.82. The molecule has 0 unspecified atom stereocenters. The number of aliphatic hydroxyl groups is 1. The van der Waals surface area contributed by atoms with Gasteiger partial charge in [0.2, 0.25) is 5.91 Å². The van der Waals surface area contributed by atoms with Gasteiger partial charge in [0, 0.05) is 18.9 Å². The number of hydrogen-bond acceptors (Lipinski definition) is 2. The highest BCUT2D eigenvalue weighted by atomic mass is 16.3. The van der Waals surface area contributed by atoms with Gasteiger partial charge in [0.1, 0.15) is 6.54 Å². The van der Waals surface area contributed by atoms with E-state index >= 15 is 0 Å². The SMILES string of the molecule is O=C(Cn1ccc(CO)c1)NCc1ccccc1. The molecule has 0 atom stereocenters. The largest absolute Gasteiger partial charge is 0.392 e. The smallest absolute Gasteiger partial charge is 0.240 e. The average molecular weight is 244 g/mol. The van der Waals surface area contributed by atoms with E-state index < -0.39 is 0 Å². The number of aliphatic hydroxyl groups excluding tert-OH is 1. The van der Waals surface area contributed by atoms with E-state index in [1.54, 1.807) is 23.0 Å². The van der Waals surface area contributed by atoms with Gasteiger partial charge in [-0.15, -0.1) is 0 Å². The molecule has 0 spiro atoms. The van der Waals surface area contributed by atoms with Crippen LogP contribution in [0, 0.1) is 0 Å². The van der Waals surface area contributed by atoms with Crippen molar-refractivity contribution >= 4 is 5.91 Å². The molecule has 2 N–H and O–H groups in total. The van der Waals surface area contributed by atoms with E-state index in [1.165, 1.54) is 0 Å². The van der Waals surface area contributed by atoms with Gasteiger partial charge in [-0.3, -0.25) is 4.79 Å². The standard InChI is InChI=1S/C14H16N2O2/c17-11-13-6-7-16(9-13)10-14(18)15-8-12-4-2-1-3-5-12/h1-7,9,17H,8,10-11H2,(H,15,18). The van der Waals surface area contributed by atoms with Gasteiger partial charge in [-0.1, -0.05) is 30.3 Å². The molecular weight excluding hydrogens is 228 g/mol. The monoisotopic (exact) mass is 244 g/mol. The van der Waals surface area contributed by atoms with Crippen molar-refractivity contribution in [1.82, 2.24) is 9.88 Å². The fraction of sp³-hybridized carbons (Fsp3) is 0.214. The summed E-state index contributed by atoms with van der Waals surface area (Å²) in [5.41, 5.74) is 1.89. The van der Waals surface area contributed by atoms with Gasteiger partial charge in [0.25, 0.3) is 0 Å². The fourth-order valence-corrected chi connectivity index (χ4v) is 1.70. The van der Waals surface area contributed by atoms with E-state index in [1.807, 2.05) is 30.3 Å². The number of nitrogens with one attached hydrogen (secondary N) is 1. The zero-order valence-corrected chi connectivity index (χ0v) is 10.0. The maximum atomic E-state index is 11.7. The van der Waals surface area contributed by atoms with Crippen LogP contribution in [0.15, 0.2) is 48.8 Å². The predicted molar refractivity (Wildman–Crippen MR) is 68.6 cm³/mol. The summed E-state index contributed by atoms with van der Waals surface area (Å²) in [7, 11) is 0. The first kappa shape index (κ1) is 12.4. The van der Waals surface area contributed by atoms with Crippen LogP contribution in [0.4, 0.5) is 0 Å². The first-order valence-electron chi connectivity index (χ1n) is 5.84. The van der Waals surface area contributed by atoms with Gasteiger partial charge in [0.05, 0.1) is 6.61 Å². The third-order valence-corrected chi connectivity index (χ3v) is 2.65. The number of carbonyl (C=O) groups is 1. The molecule has 1 heterocycles. The molecular formula is C14H16N2O2. The zero-order valence-electron chi connectivity index (χ0n) is 10.0. The van der Waals surface area contributed by atoms with Crippen molar-refractivity contribution in [3.63, 3.8) is 0 Å². The maximum Gasteiger partial charge on any atom is 0.240 e. The van der Waals surface area contributed by atoms with E-state index in [0.717, 1.165) is 11.1 Å². The molecule has 0 bridgehead atoms. The van der Waals surface area contributed by atoms with E-state index in [0.29, 0.717) is 6.54 Å². The second-order valence-corrected chi connectivity index (χ2v) is 4.11. The molecule has 1 amide bonds. The lowest BCUT2D eigenvalue weighted by Crippen LogP contribution is -2.26. The zero-order chi connectivity index (χ0) is 12.8. The second kappa shape index (κ2) is 6.02. The first-order chi connectivity index (χ1) is 8.78. The van der Waals surface area contributed by atoms with Crippen molar-refractivity contribution in [2.24, 2.45) is 0 Å².